The minimum Gasteiger partial charge on any atom is -0.497 e. The lowest BCUT2D eigenvalue weighted by molar-refractivity contribution is 0.323. The molecule has 1 aliphatic heterocycles. The Kier molecular flexibility index (Phi) is 4.49. The fraction of sp³-hybridized carbons (Fsp3) is 0.333. The highest BCUT2D eigenvalue weighted by Crippen LogP contribution is 2.39. The van der Waals surface area contributed by atoms with Crippen LogP contribution < -0.4 is 4.74 Å². The summed E-state index contributed by atoms with van der Waals surface area (Å²) in [6.07, 6.45) is 1.99. The van der Waals surface area contributed by atoms with Crippen molar-refractivity contribution in [2.45, 2.75) is 37.4 Å². The van der Waals surface area contributed by atoms with Gasteiger partial charge in [-0.3, -0.25) is 4.57 Å². The van der Waals surface area contributed by atoms with Gasteiger partial charge in [-0.05, 0) is 49.9 Å². The Balaban J connectivity index is 1.53. The van der Waals surface area contributed by atoms with Crippen LogP contribution in [0.25, 0.3) is 11.4 Å². The maximum Gasteiger partial charge on any atom is 0.192 e. The monoisotopic (exact) mass is 365 g/mol. The van der Waals surface area contributed by atoms with Crippen LogP contribution in [-0.2, 0) is 18.4 Å². The lowest BCUT2D eigenvalue weighted by Gasteiger charge is -2.34. The minimum atomic E-state index is -0.0182. The molecule has 0 bridgehead atoms. The van der Waals surface area contributed by atoms with Gasteiger partial charge in [0.25, 0.3) is 0 Å². The summed E-state index contributed by atoms with van der Waals surface area (Å²) in [4.78, 5) is 0. The molecule has 0 N–H and O–H groups in total. The Morgan fingerprint density at radius 1 is 1.08 bits per heavy atom. The van der Waals surface area contributed by atoms with Crippen LogP contribution in [0, 0.1) is 0 Å². The highest BCUT2D eigenvalue weighted by Gasteiger charge is 2.34. The maximum atomic E-state index is 5.22. The fourth-order valence-electron chi connectivity index (χ4n) is 3.57. The standard InChI is InChI=1S/C21H23N3OS/c1-21(2)14-16-6-4-5-7-18(16)19-22-23-20(24(19)21)26-13-12-15-8-10-17(25-3)11-9-15/h4-11H,12-14H2,1-3H3. The number of hydrogen-bond donors (Lipinski definition) is 0. The quantitative estimate of drug-likeness (QED) is 0.621. The van der Waals surface area contributed by atoms with Gasteiger partial charge < -0.3 is 4.74 Å². The van der Waals surface area contributed by atoms with E-state index in [1.807, 2.05) is 12.1 Å². The van der Waals surface area contributed by atoms with Gasteiger partial charge in [0, 0.05) is 16.9 Å². The van der Waals surface area contributed by atoms with E-state index in [-0.39, 0.29) is 5.54 Å². The average Bonchev–Trinajstić information content (AvgIpc) is 3.07. The zero-order chi connectivity index (χ0) is 18.1. The van der Waals surface area contributed by atoms with E-state index in [1.165, 1.54) is 16.7 Å². The number of rotatable bonds is 5. The molecule has 26 heavy (non-hydrogen) atoms. The molecular weight excluding hydrogens is 342 g/mol. The van der Waals surface area contributed by atoms with Gasteiger partial charge in [0.2, 0.25) is 0 Å². The summed E-state index contributed by atoms with van der Waals surface area (Å²) in [5.41, 5.74) is 3.85. The van der Waals surface area contributed by atoms with Crippen molar-refractivity contribution in [3.8, 4) is 17.1 Å². The van der Waals surface area contributed by atoms with E-state index in [4.69, 9.17) is 4.74 Å². The van der Waals surface area contributed by atoms with Crippen LogP contribution in [0.1, 0.15) is 25.0 Å². The molecule has 0 saturated carbocycles. The maximum absolute atomic E-state index is 5.22. The smallest absolute Gasteiger partial charge is 0.192 e. The SMILES string of the molecule is COc1ccc(CCSc2nnc3n2C(C)(C)Cc2ccccc2-3)cc1. The highest BCUT2D eigenvalue weighted by atomic mass is 32.2. The summed E-state index contributed by atoms with van der Waals surface area (Å²) in [6.45, 7) is 4.53. The molecule has 1 aromatic heterocycles. The Morgan fingerprint density at radius 2 is 1.85 bits per heavy atom. The number of thioether (sulfide) groups is 1. The normalized spacial score (nSPS) is 14.6. The Bertz CT molecular complexity index is 915. The van der Waals surface area contributed by atoms with Crippen molar-refractivity contribution in [1.29, 1.82) is 0 Å². The van der Waals surface area contributed by atoms with Gasteiger partial charge in [0.05, 0.1) is 7.11 Å². The fourth-order valence-corrected chi connectivity index (χ4v) is 4.66. The van der Waals surface area contributed by atoms with E-state index in [2.05, 4.69) is 65.0 Å². The Hall–Kier alpha value is -2.27. The number of aromatic nitrogens is 3. The third-order valence-corrected chi connectivity index (χ3v) is 5.83. The van der Waals surface area contributed by atoms with Gasteiger partial charge in [-0.2, -0.15) is 0 Å². The van der Waals surface area contributed by atoms with E-state index in [9.17, 15) is 0 Å². The molecular formula is C21H23N3OS. The third kappa shape index (κ3) is 3.12. The summed E-state index contributed by atoms with van der Waals surface area (Å²) < 4.78 is 7.53. The van der Waals surface area contributed by atoms with Gasteiger partial charge in [0.15, 0.2) is 11.0 Å². The molecule has 4 rings (SSSR count). The Labute approximate surface area is 158 Å². The Morgan fingerprint density at radius 3 is 2.62 bits per heavy atom. The van der Waals surface area contributed by atoms with Crippen LogP contribution in [0.4, 0.5) is 0 Å². The molecule has 0 amide bonds. The lowest BCUT2D eigenvalue weighted by atomic mass is 9.87. The summed E-state index contributed by atoms with van der Waals surface area (Å²) >= 11 is 1.78. The molecule has 0 radical (unpaired) electrons. The molecule has 0 atom stereocenters. The van der Waals surface area contributed by atoms with Crippen molar-refractivity contribution >= 4 is 11.8 Å². The largest absolute Gasteiger partial charge is 0.497 e. The van der Waals surface area contributed by atoms with E-state index < -0.39 is 0 Å². The van der Waals surface area contributed by atoms with Crippen molar-refractivity contribution in [1.82, 2.24) is 14.8 Å². The second-order valence-corrected chi connectivity index (χ2v) is 8.30. The second-order valence-electron chi connectivity index (χ2n) is 7.23. The number of nitrogens with zero attached hydrogens (tertiary/aromatic N) is 3. The third-order valence-electron chi connectivity index (χ3n) is 4.90. The molecule has 2 aromatic carbocycles. The van der Waals surface area contributed by atoms with Crippen molar-refractivity contribution in [3.63, 3.8) is 0 Å². The van der Waals surface area contributed by atoms with Crippen molar-refractivity contribution in [2.24, 2.45) is 0 Å². The number of benzene rings is 2. The van der Waals surface area contributed by atoms with E-state index in [0.29, 0.717) is 0 Å². The molecule has 1 aliphatic rings. The van der Waals surface area contributed by atoms with Gasteiger partial charge in [-0.1, -0.05) is 48.2 Å². The predicted octanol–water partition coefficient (Wildman–Crippen LogP) is 4.58. The van der Waals surface area contributed by atoms with Crippen molar-refractivity contribution in [2.75, 3.05) is 12.9 Å². The molecule has 0 unspecified atom stereocenters. The summed E-state index contributed by atoms with van der Waals surface area (Å²) in [7, 11) is 1.69. The molecule has 4 nitrogen and oxygen atoms in total. The average molecular weight is 366 g/mol. The number of hydrogen-bond acceptors (Lipinski definition) is 4. The second kappa shape index (κ2) is 6.80. The van der Waals surface area contributed by atoms with Crippen LogP contribution in [-0.4, -0.2) is 27.6 Å². The van der Waals surface area contributed by atoms with E-state index >= 15 is 0 Å². The van der Waals surface area contributed by atoms with Crippen LogP contribution in [0.2, 0.25) is 0 Å². The summed E-state index contributed by atoms with van der Waals surface area (Å²) in [6, 6.07) is 16.8. The number of ether oxygens (including phenoxy) is 1. The number of methoxy groups -OCH3 is 1. The molecule has 0 aliphatic carbocycles. The molecule has 2 heterocycles. The molecule has 0 spiro atoms. The van der Waals surface area contributed by atoms with Crippen LogP contribution in [0.3, 0.4) is 0 Å². The van der Waals surface area contributed by atoms with Crippen LogP contribution in [0.5, 0.6) is 5.75 Å². The summed E-state index contributed by atoms with van der Waals surface area (Å²) in [5, 5.41) is 10.0. The molecule has 5 heteroatoms. The first-order chi connectivity index (χ1) is 12.6. The van der Waals surface area contributed by atoms with E-state index in [1.54, 1.807) is 18.9 Å². The lowest BCUT2D eigenvalue weighted by Crippen LogP contribution is -2.33. The van der Waals surface area contributed by atoms with Crippen molar-refractivity contribution in [3.05, 3.63) is 59.7 Å². The van der Waals surface area contributed by atoms with Crippen LogP contribution >= 0.6 is 11.8 Å². The molecule has 134 valence electrons. The molecule has 0 fully saturated rings. The topological polar surface area (TPSA) is 39.9 Å². The van der Waals surface area contributed by atoms with Crippen LogP contribution in [0.15, 0.2) is 53.7 Å². The first-order valence-electron chi connectivity index (χ1n) is 8.88. The van der Waals surface area contributed by atoms with Gasteiger partial charge in [-0.15, -0.1) is 10.2 Å². The zero-order valence-corrected chi connectivity index (χ0v) is 16.2. The molecule has 0 saturated heterocycles. The van der Waals surface area contributed by atoms with Gasteiger partial charge >= 0.3 is 0 Å². The number of fused-ring (bicyclic) bond motifs is 3. The first kappa shape index (κ1) is 17.2. The van der Waals surface area contributed by atoms with Gasteiger partial charge in [-0.25, -0.2) is 0 Å². The summed E-state index contributed by atoms with van der Waals surface area (Å²) in [5.74, 6) is 2.86. The highest BCUT2D eigenvalue weighted by molar-refractivity contribution is 7.99. The van der Waals surface area contributed by atoms with E-state index in [0.717, 1.165) is 35.3 Å². The minimum absolute atomic E-state index is 0.0182. The molecule has 3 aromatic rings. The predicted molar refractivity (Wildman–Crippen MR) is 106 cm³/mol. The first-order valence-corrected chi connectivity index (χ1v) is 9.87. The van der Waals surface area contributed by atoms with Gasteiger partial charge in [0.1, 0.15) is 5.75 Å². The van der Waals surface area contributed by atoms with Crippen molar-refractivity contribution < 1.29 is 4.74 Å². The number of aryl methyl sites for hydroxylation is 1. The zero-order valence-electron chi connectivity index (χ0n) is 15.4.